The van der Waals surface area contributed by atoms with Crippen molar-refractivity contribution in [2.75, 3.05) is 7.11 Å². The van der Waals surface area contributed by atoms with Crippen LogP contribution in [0.3, 0.4) is 0 Å². The lowest BCUT2D eigenvalue weighted by Crippen LogP contribution is -2.08. The van der Waals surface area contributed by atoms with E-state index >= 15 is 0 Å². The molecule has 0 aromatic heterocycles. The summed E-state index contributed by atoms with van der Waals surface area (Å²) >= 11 is 5.90. The van der Waals surface area contributed by atoms with Crippen molar-refractivity contribution < 1.29 is 4.74 Å². The molecule has 4 atom stereocenters. The second kappa shape index (κ2) is 1.74. The summed E-state index contributed by atoms with van der Waals surface area (Å²) in [6.07, 6.45) is 4.57. The van der Waals surface area contributed by atoms with E-state index in [-0.39, 0.29) is 0 Å². The van der Waals surface area contributed by atoms with Crippen LogP contribution < -0.4 is 0 Å². The summed E-state index contributed by atoms with van der Waals surface area (Å²) in [5, 5.41) is 0.361. The van der Waals surface area contributed by atoms with Crippen LogP contribution in [0.5, 0.6) is 0 Å². The van der Waals surface area contributed by atoms with Gasteiger partial charge in [0.2, 0.25) is 0 Å². The number of hydrogen-bond acceptors (Lipinski definition) is 1. The fourth-order valence-corrected chi connectivity index (χ4v) is 2.03. The Bertz CT molecular complexity index is 155. The summed E-state index contributed by atoms with van der Waals surface area (Å²) in [5.41, 5.74) is 0. The van der Waals surface area contributed by atoms with Gasteiger partial charge in [-0.25, -0.2) is 0 Å². The molecule has 0 bridgehead atoms. The zero-order valence-electron chi connectivity index (χ0n) is 5.25. The highest BCUT2D eigenvalue weighted by atomic mass is 35.5. The molecule has 50 valence electrons. The molecule has 9 heavy (non-hydrogen) atoms. The number of rotatable bonds is 1. The van der Waals surface area contributed by atoms with Gasteiger partial charge in [-0.2, -0.15) is 0 Å². The van der Waals surface area contributed by atoms with Crippen LogP contribution in [0.25, 0.3) is 0 Å². The van der Waals surface area contributed by atoms with Crippen molar-refractivity contribution in [3.05, 3.63) is 12.2 Å². The van der Waals surface area contributed by atoms with Crippen LogP contribution in [0, 0.1) is 11.8 Å². The highest BCUT2D eigenvalue weighted by Crippen LogP contribution is 2.52. The second-order valence-corrected chi connectivity index (χ2v) is 3.19. The van der Waals surface area contributed by atoms with Crippen molar-refractivity contribution >= 4 is 11.6 Å². The average Bonchev–Trinajstić information content (AvgIpc) is 2.41. The zero-order valence-corrected chi connectivity index (χ0v) is 6.01. The fourth-order valence-electron chi connectivity index (χ4n) is 1.55. The predicted molar refractivity (Wildman–Crippen MR) is 36.6 cm³/mol. The molecule has 2 heteroatoms. The Morgan fingerprint density at radius 2 is 2.22 bits per heavy atom. The van der Waals surface area contributed by atoms with E-state index < -0.39 is 0 Å². The van der Waals surface area contributed by atoms with E-state index in [2.05, 4.69) is 12.2 Å². The number of hydrogen-bond donors (Lipinski definition) is 0. The van der Waals surface area contributed by atoms with Crippen LogP contribution in [0.4, 0.5) is 0 Å². The van der Waals surface area contributed by atoms with E-state index in [1.165, 1.54) is 0 Å². The molecule has 0 spiro atoms. The van der Waals surface area contributed by atoms with Crippen LogP contribution in [0.1, 0.15) is 0 Å². The molecule has 2 aliphatic carbocycles. The summed E-state index contributed by atoms with van der Waals surface area (Å²) in [6, 6.07) is 0. The standard InChI is InChI=1S/C7H9ClO/c1-9-5-3-2-4-6(5)7(4)8/h2-7H,1H3. The minimum absolute atomic E-state index is 0.303. The molecule has 1 fully saturated rings. The fraction of sp³-hybridized carbons (Fsp3) is 0.714. The number of alkyl halides is 1. The number of halogens is 1. The molecule has 2 aliphatic rings. The largest absolute Gasteiger partial charge is 0.377 e. The van der Waals surface area contributed by atoms with Gasteiger partial charge in [0, 0.05) is 24.3 Å². The SMILES string of the molecule is COC1C=CC2C(Cl)C12. The number of ether oxygens (including phenoxy) is 1. The molecule has 4 unspecified atom stereocenters. The summed E-state index contributed by atoms with van der Waals surface area (Å²) in [5.74, 6) is 1.22. The molecule has 0 aromatic carbocycles. The Hall–Kier alpha value is -0.0100. The van der Waals surface area contributed by atoms with Crippen molar-refractivity contribution in [3.63, 3.8) is 0 Å². The Kier molecular flexibility index (Phi) is 1.11. The first-order valence-electron chi connectivity index (χ1n) is 3.20. The van der Waals surface area contributed by atoms with Gasteiger partial charge in [0.25, 0.3) is 0 Å². The van der Waals surface area contributed by atoms with Crippen LogP contribution in [-0.4, -0.2) is 18.6 Å². The van der Waals surface area contributed by atoms with E-state index in [9.17, 15) is 0 Å². The van der Waals surface area contributed by atoms with Crippen LogP contribution in [-0.2, 0) is 4.74 Å². The molecule has 0 saturated heterocycles. The zero-order chi connectivity index (χ0) is 6.43. The lowest BCUT2D eigenvalue weighted by molar-refractivity contribution is 0.126. The smallest absolute Gasteiger partial charge is 0.0800 e. The van der Waals surface area contributed by atoms with Gasteiger partial charge in [-0.05, 0) is 0 Å². The lowest BCUT2D eigenvalue weighted by atomic mass is 10.3. The molecule has 1 nitrogen and oxygen atoms in total. The first-order chi connectivity index (χ1) is 4.34. The summed E-state index contributed by atoms with van der Waals surface area (Å²) in [6.45, 7) is 0. The van der Waals surface area contributed by atoms with Crippen molar-refractivity contribution in [1.29, 1.82) is 0 Å². The van der Waals surface area contributed by atoms with Crippen LogP contribution in [0.2, 0.25) is 0 Å². The van der Waals surface area contributed by atoms with Gasteiger partial charge in [0.05, 0.1) is 6.10 Å². The molecule has 0 heterocycles. The molecule has 0 N–H and O–H groups in total. The Labute approximate surface area is 59.6 Å². The first-order valence-corrected chi connectivity index (χ1v) is 3.63. The normalized spacial score (nSPS) is 53.6. The van der Waals surface area contributed by atoms with Gasteiger partial charge in [-0.1, -0.05) is 12.2 Å². The average molecular weight is 145 g/mol. The maximum atomic E-state index is 5.90. The number of methoxy groups -OCH3 is 1. The van der Waals surface area contributed by atoms with E-state index in [1.54, 1.807) is 7.11 Å². The third-order valence-corrected chi connectivity index (χ3v) is 2.80. The van der Waals surface area contributed by atoms with Gasteiger partial charge in [0.15, 0.2) is 0 Å². The van der Waals surface area contributed by atoms with E-state index in [0.29, 0.717) is 23.3 Å². The topological polar surface area (TPSA) is 9.23 Å². The Morgan fingerprint density at radius 3 is 2.56 bits per heavy atom. The maximum Gasteiger partial charge on any atom is 0.0800 e. The third kappa shape index (κ3) is 0.651. The molecule has 0 radical (unpaired) electrons. The van der Waals surface area contributed by atoms with Crippen molar-refractivity contribution in [2.45, 2.75) is 11.5 Å². The second-order valence-electron chi connectivity index (χ2n) is 2.68. The molecular formula is C7H9ClO. The predicted octanol–water partition coefficient (Wildman–Crippen LogP) is 1.42. The van der Waals surface area contributed by atoms with Crippen molar-refractivity contribution in [3.8, 4) is 0 Å². The Balaban J connectivity index is 2.08. The van der Waals surface area contributed by atoms with Gasteiger partial charge in [0.1, 0.15) is 0 Å². The molecule has 0 aliphatic heterocycles. The van der Waals surface area contributed by atoms with Gasteiger partial charge >= 0.3 is 0 Å². The minimum atomic E-state index is 0.303. The van der Waals surface area contributed by atoms with E-state index in [0.717, 1.165) is 0 Å². The van der Waals surface area contributed by atoms with Crippen LogP contribution >= 0.6 is 11.6 Å². The van der Waals surface area contributed by atoms with Crippen LogP contribution in [0.15, 0.2) is 12.2 Å². The molecular weight excluding hydrogens is 136 g/mol. The van der Waals surface area contributed by atoms with Crippen molar-refractivity contribution in [1.82, 2.24) is 0 Å². The first kappa shape index (κ1) is 5.75. The van der Waals surface area contributed by atoms with E-state index in [1.807, 2.05) is 0 Å². The van der Waals surface area contributed by atoms with Gasteiger partial charge in [-0.3, -0.25) is 0 Å². The quantitative estimate of drug-likeness (QED) is 0.400. The molecule has 0 aromatic rings. The highest BCUT2D eigenvalue weighted by Gasteiger charge is 2.54. The summed E-state index contributed by atoms with van der Waals surface area (Å²) in [4.78, 5) is 0. The van der Waals surface area contributed by atoms with Crippen molar-refractivity contribution in [2.24, 2.45) is 11.8 Å². The minimum Gasteiger partial charge on any atom is -0.377 e. The lowest BCUT2D eigenvalue weighted by Gasteiger charge is -2.04. The summed E-state index contributed by atoms with van der Waals surface area (Å²) in [7, 11) is 1.74. The summed E-state index contributed by atoms with van der Waals surface area (Å²) < 4.78 is 5.16. The van der Waals surface area contributed by atoms with Gasteiger partial charge < -0.3 is 4.74 Å². The molecule has 1 saturated carbocycles. The molecule has 2 rings (SSSR count). The monoisotopic (exact) mass is 144 g/mol. The maximum absolute atomic E-state index is 5.90. The van der Waals surface area contributed by atoms with E-state index in [4.69, 9.17) is 16.3 Å². The molecule has 0 amide bonds. The van der Waals surface area contributed by atoms with Gasteiger partial charge in [-0.15, -0.1) is 11.6 Å². The highest BCUT2D eigenvalue weighted by molar-refractivity contribution is 6.23. The Morgan fingerprint density at radius 1 is 1.44 bits per heavy atom. The third-order valence-electron chi connectivity index (χ3n) is 2.21. The number of allylic oxidation sites excluding steroid dienone is 1. The number of fused-ring (bicyclic) bond motifs is 1.